The quantitative estimate of drug-likeness (QED) is 0.685. The first-order valence-electron chi connectivity index (χ1n) is 8.49. The Kier molecular flexibility index (Phi) is 7.04. The van der Waals surface area contributed by atoms with Gasteiger partial charge in [0.15, 0.2) is 6.61 Å². The fourth-order valence-corrected chi connectivity index (χ4v) is 2.41. The number of aryl methyl sites for hydroxylation is 2. The van der Waals surface area contributed by atoms with Crippen LogP contribution < -0.4 is 15.4 Å². The number of anilines is 1. The predicted octanol–water partition coefficient (Wildman–Crippen LogP) is 3.71. The molecule has 0 spiro atoms. The number of alkyl halides is 3. The number of aromatic nitrogens is 1. The van der Waals surface area contributed by atoms with E-state index in [0.717, 1.165) is 23.4 Å². The van der Waals surface area contributed by atoms with Gasteiger partial charge in [-0.05, 0) is 55.7 Å². The fourth-order valence-electron chi connectivity index (χ4n) is 2.41. The molecule has 0 saturated heterocycles. The maximum atomic E-state index is 12.4. The molecule has 5 nitrogen and oxygen atoms in total. The average Bonchev–Trinajstić information content (AvgIpc) is 2.58. The van der Waals surface area contributed by atoms with Gasteiger partial charge in [-0.1, -0.05) is 6.07 Å². The SMILES string of the molecule is Cc1cc(C)cc(OCC(=O)NCCCNc2ccc(C(F)(F)F)cn2)c1. The van der Waals surface area contributed by atoms with Crippen LogP contribution in [0.3, 0.4) is 0 Å². The minimum Gasteiger partial charge on any atom is -0.484 e. The van der Waals surface area contributed by atoms with Gasteiger partial charge in [-0.15, -0.1) is 0 Å². The number of pyridine rings is 1. The monoisotopic (exact) mass is 381 g/mol. The van der Waals surface area contributed by atoms with E-state index in [1.165, 1.54) is 6.07 Å². The van der Waals surface area contributed by atoms with Gasteiger partial charge in [0.05, 0.1) is 5.56 Å². The normalized spacial score (nSPS) is 11.1. The number of hydrogen-bond acceptors (Lipinski definition) is 4. The van der Waals surface area contributed by atoms with E-state index in [0.29, 0.717) is 31.1 Å². The molecule has 0 aliphatic heterocycles. The van der Waals surface area contributed by atoms with Gasteiger partial charge in [-0.25, -0.2) is 4.98 Å². The Morgan fingerprint density at radius 1 is 1.11 bits per heavy atom. The topological polar surface area (TPSA) is 63.2 Å². The van der Waals surface area contributed by atoms with Gasteiger partial charge in [-0.2, -0.15) is 13.2 Å². The van der Waals surface area contributed by atoms with E-state index in [1.54, 1.807) is 0 Å². The van der Waals surface area contributed by atoms with Crippen molar-refractivity contribution in [3.8, 4) is 5.75 Å². The molecule has 0 bridgehead atoms. The molecule has 0 radical (unpaired) electrons. The smallest absolute Gasteiger partial charge is 0.417 e. The van der Waals surface area contributed by atoms with Crippen molar-refractivity contribution < 1.29 is 22.7 Å². The lowest BCUT2D eigenvalue weighted by Crippen LogP contribution is -2.30. The average molecular weight is 381 g/mol. The number of halogens is 3. The van der Waals surface area contributed by atoms with Crippen LogP contribution in [-0.2, 0) is 11.0 Å². The van der Waals surface area contributed by atoms with Crippen LogP contribution >= 0.6 is 0 Å². The molecule has 2 aromatic rings. The van der Waals surface area contributed by atoms with Crippen LogP contribution in [0.25, 0.3) is 0 Å². The third kappa shape index (κ3) is 7.16. The zero-order valence-electron chi connectivity index (χ0n) is 15.2. The van der Waals surface area contributed by atoms with Crippen LogP contribution in [0.4, 0.5) is 19.0 Å². The summed E-state index contributed by atoms with van der Waals surface area (Å²) in [5.41, 5.74) is 1.34. The Hall–Kier alpha value is -2.77. The molecule has 8 heteroatoms. The van der Waals surface area contributed by atoms with Crippen molar-refractivity contribution in [3.63, 3.8) is 0 Å². The van der Waals surface area contributed by atoms with E-state index in [1.807, 2.05) is 32.0 Å². The van der Waals surface area contributed by atoms with Gasteiger partial charge in [-0.3, -0.25) is 4.79 Å². The predicted molar refractivity (Wildman–Crippen MR) is 96.8 cm³/mol. The fraction of sp³-hybridized carbons (Fsp3) is 0.368. The molecular weight excluding hydrogens is 359 g/mol. The van der Waals surface area contributed by atoms with Gasteiger partial charge < -0.3 is 15.4 Å². The second kappa shape index (κ2) is 9.25. The molecule has 0 aliphatic carbocycles. The van der Waals surface area contributed by atoms with Crippen molar-refractivity contribution in [3.05, 3.63) is 53.2 Å². The summed E-state index contributed by atoms with van der Waals surface area (Å²) in [6, 6.07) is 7.99. The number of ether oxygens (including phenoxy) is 1. The lowest BCUT2D eigenvalue weighted by Gasteiger charge is -2.10. The van der Waals surface area contributed by atoms with E-state index >= 15 is 0 Å². The van der Waals surface area contributed by atoms with Crippen molar-refractivity contribution in [1.29, 1.82) is 0 Å². The first-order chi connectivity index (χ1) is 12.7. The molecule has 146 valence electrons. The Balaban J connectivity index is 1.63. The van der Waals surface area contributed by atoms with Crippen LogP contribution in [0, 0.1) is 13.8 Å². The van der Waals surface area contributed by atoms with E-state index in [9.17, 15) is 18.0 Å². The molecule has 0 saturated carbocycles. The highest BCUT2D eigenvalue weighted by Gasteiger charge is 2.30. The second-order valence-corrected chi connectivity index (χ2v) is 6.17. The Bertz CT molecular complexity index is 742. The highest BCUT2D eigenvalue weighted by atomic mass is 19.4. The standard InChI is InChI=1S/C19H22F3N3O2/c1-13-8-14(2)10-16(9-13)27-12-18(26)24-7-3-6-23-17-5-4-15(11-25-17)19(20,21)22/h4-5,8-11H,3,6-7,12H2,1-2H3,(H,23,25)(H,24,26). The molecule has 1 heterocycles. The summed E-state index contributed by atoms with van der Waals surface area (Å²) >= 11 is 0. The number of nitrogens with one attached hydrogen (secondary N) is 2. The van der Waals surface area contributed by atoms with Gasteiger partial charge in [0, 0.05) is 19.3 Å². The minimum absolute atomic E-state index is 0.0726. The summed E-state index contributed by atoms with van der Waals surface area (Å²) in [4.78, 5) is 15.5. The number of benzene rings is 1. The molecule has 2 N–H and O–H groups in total. The Morgan fingerprint density at radius 2 is 1.81 bits per heavy atom. The van der Waals surface area contributed by atoms with Crippen LogP contribution in [0.15, 0.2) is 36.5 Å². The second-order valence-electron chi connectivity index (χ2n) is 6.17. The van der Waals surface area contributed by atoms with Gasteiger partial charge in [0.1, 0.15) is 11.6 Å². The first-order valence-corrected chi connectivity index (χ1v) is 8.49. The van der Waals surface area contributed by atoms with Crippen molar-refractivity contribution >= 4 is 11.7 Å². The van der Waals surface area contributed by atoms with Crippen LogP contribution in [0.2, 0.25) is 0 Å². The van der Waals surface area contributed by atoms with Crippen LogP contribution in [0.1, 0.15) is 23.1 Å². The molecular formula is C19H22F3N3O2. The first kappa shape index (κ1) is 20.5. The molecule has 1 amide bonds. The van der Waals surface area contributed by atoms with E-state index < -0.39 is 11.7 Å². The van der Waals surface area contributed by atoms with Crippen molar-refractivity contribution in [1.82, 2.24) is 10.3 Å². The van der Waals surface area contributed by atoms with Crippen molar-refractivity contribution in [2.24, 2.45) is 0 Å². The van der Waals surface area contributed by atoms with E-state index in [-0.39, 0.29) is 12.5 Å². The van der Waals surface area contributed by atoms with Gasteiger partial charge >= 0.3 is 6.18 Å². The zero-order chi connectivity index (χ0) is 19.9. The zero-order valence-corrected chi connectivity index (χ0v) is 15.2. The number of amides is 1. The summed E-state index contributed by atoms with van der Waals surface area (Å²) < 4.78 is 42.8. The lowest BCUT2D eigenvalue weighted by molar-refractivity contribution is -0.137. The summed E-state index contributed by atoms with van der Waals surface area (Å²) in [5, 5.41) is 5.63. The molecule has 0 unspecified atom stereocenters. The molecule has 0 fully saturated rings. The molecule has 0 atom stereocenters. The summed E-state index contributed by atoms with van der Waals surface area (Å²) in [7, 11) is 0. The lowest BCUT2D eigenvalue weighted by atomic mass is 10.1. The van der Waals surface area contributed by atoms with E-state index in [4.69, 9.17) is 4.74 Å². The maximum absolute atomic E-state index is 12.4. The highest BCUT2D eigenvalue weighted by Crippen LogP contribution is 2.28. The van der Waals surface area contributed by atoms with Gasteiger partial charge in [0.2, 0.25) is 0 Å². The Morgan fingerprint density at radius 3 is 2.41 bits per heavy atom. The number of rotatable bonds is 8. The number of carbonyl (C=O) groups is 1. The number of carbonyl (C=O) groups excluding carboxylic acids is 1. The number of nitrogens with zero attached hydrogens (tertiary/aromatic N) is 1. The molecule has 1 aromatic carbocycles. The minimum atomic E-state index is -4.39. The third-order valence-electron chi connectivity index (χ3n) is 3.64. The molecule has 27 heavy (non-hydrogen) atoms. The van der Waals surface area contributed by atoms with Crippen molar-refractivity contribution in [2.75, 3.05) is 25.0 Å². The highest BCUT2D eigenvalue weighted by molar-refractivity contribution is 5.77. The Labute approximate surface area is 155 Å². The van der Waals surface area contributed by atoms with E-state index in [2.05, 4.69) is 15.6 Å². The molecule has 2 rings (SSSR count). The largest absolute Gasteiger partial charge is 0.484 e. The van der Waals surface area contributed by atoms with Crippen molar-refractivity contribution in [2.45, 2.75) is 26.4 Å². The van der Waals surface area contributed by atoms with Crippen LogP contribution in [-0.4, -0.2) is 30.6 Å². The maximum Gasteiger partial charge on any atom is 0.417 e. The molecule has 1 aromatic heterocycles. The van der Waals surface area contributed by atoms with Gasteiger partial charge in [0.25, 0.3) is 5.91 Å². The number of hydrogen-bond donors (Lipinski definition) is 2. The summed E-state index contributed by atoms with van der Waals surface area (Å²) in [6.07, 6.45) is -3.01. The summed E-state index contributed by atoms with van der Waals surface area (Å²) in [6.45, 7) is 4.73. The summed E-state index contributed by atoms with van der Waals surface area (Å²) in [5.74, 6) is 0.770. The molecule has 0 aliphatic rings. The van der Waals surface area contributed by atoms with Crippen LogP contribution in [0.5, 0.6) is 5.75 Å². The third-order valence-corrected chi connectivity index (χ3v) is 3.64.